The van der Waals surface area contributed by atoms with Crippen molar-refractivity contribution >= 4 is 11.7 Å². The second-order valence-corrected chi connectivity index (χ2v) is 5.27. The van der Waals surface area contributed by atoms with Gasteiger partial charge in [0, 0.05) is 12.2 Å². The molecule has 2 aromatic carbocycles. The van der Waals surface area contributed by atoms with E-state index < -0.39 is 0 Å². The highest BCUT2D eigenvalue weighted by Gasteiger charge is 2.28. The Morgan fingerprint density at radius 1 is 1.04 bits per heavy atom. The van der Waals surface area contributed by atoms with E-state index in [0.717, 1.165) is 5.56 Å². The molecule has 120 valence electrons. The van der Waals surface area contributed by atoms with Gasteiger partial charge in [-0.15, -0.1) is 0 Å². The molecular weight excluding hydrogens is 302 g/mol. The first kappa shape index (κ1) is 15.4. The Balaban J connectivity index is 1.76. The van der Waals surface area contributed by atoms with Gasteiger partial charge in [0.1, 0.15) is 11.6 Å². The van der Waals surface area contributed by atoms with Gasteiger partial charge < -0.3 is 15.0 Å². The molecule has 23 heavy (non-hydrogen) atoms. The van der Waals surface area contributed by atoms with E-state index in [0.29, 0.717) is 25.4 Å². The van der Waals surface area contributed by atoms with Gasteiger partial charge in [0.15, 0.2) is 0 Å². The molecule has 1 aliphatic heterocycles. The molecule has 4 nitrogen and oxygen atoms in total. The summed E-state index contributed by atoms with van der Waals surface area (Å²) in [6, 6.07) is 11.0. The zero-order valence-corrected chi connectivity index (χ0v) is 12.3. The van der Waals surface area contributed by atoms with E-state index in [9.17, 15) is 13.6 Å². The summed E-state index contributed by atoms with van der Waals surface area (Å²) in [6.45, 7) is 1.21. The van der Waals surface area contributed by atoms with Gasteiger partial charge in [0.25, 0.3) is 0 Å². The molecule has 0 bridgehead atoms. The van der Waals surface area contributed by atoms with Crippen LogP contribution in [-0.2, 0) is 4.74 Å². The number of carbonyl (C=O) groups is 1. The van der Waals surface area contributed by atoms with Crippen molar-refractivity contribution in [1.82, 2.24) is 4.90 Å². The minimum Gasteiger partial charge on any atom is -0.377 e. The van der Waals surface area contributed by atoms with Crippen LogP contribution in [0, 0.1) is 11.6 Å². The fourth-order valence-electron chi connectivity index (χ4n) is 2.54. The first-order valence-electron chi connectivity index (χ1n) is 7.30. The van der Waals surface area contributed by atoms with Crippen LogP contribution in [0.25, 0.3) is 0 Å². The highest BCUT2D eigenvalue weighted by atomic mass is 19.1. The maximum Gasteiger partial charge on any atom is 0.322 e. The van der Waals surface area contributed by atoms with Crippen molar-refractivity contribution in [1.29, 1.82) is 0 Å². The number of nitrogens with zero attached hydrogens (tertiary/aromatic N) is 1. The molecule has 1 N–H and O–H groups in total. The molecule has 1 aliphatic rings. The van der Waals surface area contributed by atoms with Crippen LogP contribution < -0.4 is 5.32 Å². The molecule has 1 fully saturated rings. The second-order valence-electron chi connectivity index (χ2n) is 5.27. The smallest absolute Gasteiger partial charge is 0.322 e. The predicted octanol–water partition coefficient (Wildman–Crippen LogP) is 3.57. The number of ether oxygens (including phenoxy) is 1. The average molecular weight is 318 g/mol. The Hall–Kier alpha value is -2.47. The summed E-state index contributed by atoms with van der Waals surface area (Å²) in [6.07, 6.45) is 0. The third kappa shape index (κ3) is 3.65. The van der Waals surface area contributed by atoms with Gasteiger partial charge in [-0.2, -0.15) is 0 Å². The highest BCUT2D eigenvalue weighted by Crippen LogP contribution is 2.25. The Morgan fingerprint density at radius 3 is 2.30 bits per heavy atom. The summed E-state index contributed by atoms with van der Waals surface area (Å²) < 4.78 is 31.4. The van der Waals surface area contributed by atoms with E-state index in [2.05, 4.69) is 5.32 Å². The number of hydrogen-bond acceptors (Lipinski definition) is 2. The minimum atomic E-state index is -0.362. The molecule has 1 saturated heterocycles. The molecule has 0 aromatic heterocycles. The quantitative estimate of drug-likeness (QED) is 0.920. The molecule has 0 spiro atoms. The number of nitrogens with one attached hydrogen (secondary N) is 1. The first-order chi connectivity index (χ1) is 11.1. The molecule has 1 atom stereocenters. The summed E-state index contributed by atoms with van der Waals surface area (Å²) in [4.78, 5) is 14.1. The number of hydrogen-bond donors (Lipinski definition) is 1. The van der Waals surface area contributed by atoms with Crippen molar-refractivity contribution in [3.63, 3.8) is 0 Å². The van der Waals surface area contributed by atoms with Gasteiger partial charge in [-0.25, -0.2) is 13.6 Å². The first-order valence-corrected chi connectivity index (χ1v) is 7.30. The van der Waals surface area contributed by atoms with Crippen LogP contribution in [0.15, 0.2) is 48.5 Å². The molecule has 1 heterocycles. The number of urea groups is 1. The summed E-state index contributed by atoms with van der Waals surface area (Å²) in [5, 5.41) is 2.74. The minimum absolute atomic E-state index is 0.287. The highest BCUT2D eigenvalue weighted by molar-refractivity contribution is 5.89. The van der Waals surface area contributed by atoms with Crippen LogP contribution in [0.5, 0.6) is 0 Å². The maximum atomic E-state index is 13.1. The van der Waals surface area contributed by atoms with Crippen LogP contribution in [0.2, 0.25) is 0 Å². The SMILES string of the molecule is O=C(Nc1ccc(F)cc1)N1CCOCC1c1ccc(F)cc1. The Labute approximate surface area is 132 Å². The Bertz CT molecular complexity index is 674. The van der Waals surface area contributed by atoms with Gasteiger partial charge in [-0.05, 0) is 42.0 Å². The van der Waals surface area contributed by atoms with Crippen molar-refractivity contribution in [2.75, 3.05) is 25.1 Å². The number of anilines is 1. The van der Waals surface area contributed by atoms with Gasteiger partial charge in [0.2, 0.25) is 0 Å². The number of rotatable bonds is 2. The lowest BCUT2D eigenvalue weighted by atomic mass is 10.1. The van der Waals surface area contributed by atoms with Crippen LogP contribution in [0.4, 0.5) is 19.3 Å². The lowest BCUT2D eigenvalue weighted by Gasteiger charge is -2.35. The van der Waals surface area contributed by atoms with Gasteiger partial charge in [0.05, 0.1) is 19.3 Å². The molecule has 2 aromatic rings. The van der Waals surface area contributed by atoms with E-state index >= 15 is 0 Å². The maximum absolute atomic E-state index is 13.1. The van der Waals surface area contributed by atoms with Gasteiger partial charge in [-0.1, -0.05) is 12.1 Å². The van der Waals surface area contributed by atoms with E-state index in [1.807, 2.05) is 0 Å². The van der Waals surface area contributed by atoms with E-state index in [1.165, 1.54) is 36.4 Å². The average Bonchev–Trinajstić information content (AvgIpc) is 2.58. The Kier molecular flexibility index (Phi) is 4.52. The summed E-state index contributed by atoms with van der Waals surface area (Å²) in [7, 11) is 0. The zero-order chi connectivity index (χ0) is 16.2. The zero-order valence-electron chi connectivity index (χ0n) is 12.3. The fourth-order valence-corrected chi connectivity index (χ4v) is 2.54. The van der Waals surface area contributed by atoms with Crippen LogP contribution in [0.1, 0.15) is 11.6 Å². The molecular formula is C17H16F2N2O2. The van der Waals surface area contributed by atoms with Crippen molar-refractivity contribution in [2.45, 2.75) is 6.04 Å². The van der Waals surface area contributed by atoms with Gasteiger partial charge >= 0.3 is 6.03 Å². The van der Waals surface area contributed by atoms with Crippen molar-refractivity contribution < 1.29 is 18.3 Å². The number of morpholine rings is 1. The fraction of sp³-hybridized carbons (Fsp3) is 0.235. The molecule has 3 rings (SSSR count). The molecule has 1 unspecified atom stereocenters. The Morgan fingerprint density at radius 2 is 1.65 bits per heavy atom. The molecule has 2 amide bonds. The number of carbonyl (C=O) groups excluding carboxylic acids is 1. The summed E-state index contributed by atoms with van der Waals surface area (Å²) in [5.74, 6) is -0.689. The van der Waals surface area contributed by atoms with Crippen molar-refractivity contribution in [3.8, 4) is 0 Å². The molecule has 0 saturated carbocycles. The lowest BCUT2D eigenvalue weighted by molar-refractivity contribution is 0.0147. The van der Waals surface area contributed by atoms with Crippen LogP contribution in [-0.4, -0.2) is 30.7 Å². The standard InChI is InChI=1S/C17H16F2N2O2/c18-13-3-1-12(2-4-13)16-11-23-10-9-21(16)17(22)20-15-7-5-14(19)6-8-15/h1-8,16H,9-11H2,(H,20,22). The number of amides is 2. The predicted molar refractivity (Wildman–Crippen MR) is 82.1 cm³/mol. The normalized spacial score (nSPS) is 17.8. The molecule has 0 aliphatic carbocycles. The van der Waals surface area contributed by atoms with E-state index in [4.69, 9.17) is 4.74 Å². The second kappa shape index (κ2) is 6.75. The van der Waals surface area contributed by atoms with Crippen molar-refractivity contribution in [3.05, 3.63) is 65.7 Å². The summed E-state index contributed by atoms with van der Waals surface area (Å²) >= 11 is 0. The summed E-state index contributed by atoms with van der Waals surface area (Å²) in [5.41, 5.74) is 1.32. The van der Waals surface area contributed by atoms with Gasteiger partial charge in [-0.3, -0.25) is 0 Å². The van der Waals surface area contributed by atoms with Crippen LogP contribution in [0.3, 0.4) is 0 Å². The third-order valence-electron chi connectivity index (χ3n) is 3.74. The molecule has 0 radical (unpaired) electrons. The van der Waals surface area contributed by atoms with E-state index in [-0.39, 0.29) is 23.7 Å². The van der Waals surface area contributed by atoms with Crippen LogP contribution >= 0.6 is 0 Å². The largest absolute Gasteiger partial charge is 0.377 e. The van der Waals surface area contributed by atoms with E-state index in [1.54, 1.807) is 17.0 Å². The van der Waals surface area contributed by atoms with Crippen molar-refractivity contribution in [2.24, 2.45) is 0 Å². The molecule has 6 heteroatoms. The number of halogens is 2. The topological polar surface area (TPSA) is 41.6 Å². The monoisotopic (exact) mass is 318 g/mol. The third-order valence-corrected chi connectivity index (χ3v) is 3.74. The number of benzene rings is 2. The lowest BCUT2D eigenvalue weighted by Crippen LogP contribution is -2.45.